The van der Waals surface area contributed by atoms with Crippen molar-refractivity contribution in [2.24, 2.45) is 5.92 Å². The van der Waals surface area contributed by atoms with E-state index in [2.05, 4.69) is 75.4 Å². The van der Waals surface area contributed by atoms with Crippen molar-refractivity contribution in [1.82, 2.24) is 0 Å². The van der Waals surface area contributed by atoms with Crippen LogP contribution in [0.4, 0.5) is 0 Å². The summed E-state index contributed by atoms with van der Waals surface area (Å²) in [6.07, 6.45) is 4.37. The van der Waals surface area contributed by atoms with Gasteiger partial charge in [-0.05, 0) is 71.0 Å². The number of halogens is 1. The highest BCUT2D eigenvalue weighted by Gasteiger charge is 2.38. The van der Waals surface area contributed by atoms with Gasteiger partial charge in [0.15, 0.2) is 14.1 Å². The molecule has 1 rings (SSSR count). The van der Waals surface area contributed by atoms with Gasteiger partial charge in [0.1, 0.15) is 12.5 Å². The Bertz CT molecular complexity index is 877. The molecule has 6 nitrogen and oxygen atoms in total. The molecule has 0 N–H and O–H groups in total. The van der Waals surface area contributed by atoms with Crippen LogP contribution in [0, 0.1) is 5.92 Å². The molecule has 3 atom stereocenters. The normalized spacial score (nSPS) is 15.8. The lowest BCUT2D eigenvalue weighted by Crippen LogP contribution is -2.45. The summed E-state index contributed by atoms with van der Waals surface area (Å²) in [5.41, 5.74) is 0.196. The summed E-state index contributed by atoms with van der Waals surface area (Å²) in [5, 5.41) is 0.169. The molecule has 0 unspecified atom stereocenters. The number of hydrogen-bond acceptors (Lipinski definition) is 6. The molecule has 0 bridgehead atoms. The predicted molar refractivity (Wildman–Crippen MR) is 157 cm³/mol. The van der Waals surface area contributed by atoms with Gasteiger partial charge in [0.2, 0.25) is 0 Å². The van der Waals surface area contributed by atoms with Crippen molar-refractivity contribution >= 4 is 30.0 Å². The van der Waals surface area contributed by atoms with Crippen LogP contribution >= 0.6 is 15.9 Å². The van der Waals surface area contributed by atoms with Crippen LogP contribution in [-0.2, 0) is 30.0 Å². The third-order valence-corrected chi connectivity index (χ3v) is 11.9. The second kappa shape index (κ2) is 15.3. The third-order valence-electron chi connectivity index (χ3n) is 6.97. The number of hydrogen-bond donors (Lipinski definition) is 0. The van der Waals surface area contributed by atoms with Gasteiger partial charge in [0, 0.05) is 20.1 Å². The minimum absolute atomic E-state index is 0.0503. The average Bonchev–Trinajstić information content (AvgIpc) is 2.83. The number of carbonyl (C=O) groups excluding carboxylic acids is 1. The number of Topliss-reactive ketones (excluding diaryl/α,β-unsaturated/α-hetero) is 1. The van der Waals surface area contributed by atoms with Crippen LogP contribution in [0.15, 0.2) is 47.5 Å². The molecule has 1 aromatic rings. The van der Waals surface area contributed by atoms with Crippen LogP contribution in [0.5, 0.6) is 5.75 Å². The van der Waals surface area contributed by atoms with Crippen molar-refractivity contribution in [2.45, 2.75) is 83.9 Å². The summed E-state index contributed by atoms with van der Waals surface area (Å²) >= 11 is 3.20. The molecular weight excluding hydrogens is 552 g/mol. The zero-order valence-corrected chi connectivity index (χ0v) is 26.8. The van der Waals surface area contributed by atoms with Gasteiger partial charge in [-0.3, -0.25) is 4.79 Å². The van der Waals surface area contributed by atoms with E-state index in [0.717, 1.165) is 11.3 Å². The number of allylic oxidation sites excluding steroid dienone is 1. The molecule has 37 heavy (non-hydrogen) atoms. The van der Waals surface area contributed by atoms with Crippen LogP contribution in [-0.4, -0.2) is 53.4 Å². The predicted octanol–water partition coefficient (Wildman–Crippen LogP) is 7.43. The fourth-order valence-corrected chi connectivity index (χ4v) is 4.55. The largest absolute Gasteiger partial charge is 0.497 e. The van der Waals surface area contributed by atoms with Crippen molar-refractivity contribution in [2.75, 3.05) is 27.6 Å². The van der Waals surface area contributed by atoms with Crippen LogP contribution in [0.25, 0.3) is 0 Å². The Hall–Kier alpha value is -1.29. The van der Waals surface area contributed by atoms with Crippen LogP contribution < -0.4 is 4.74 Å². The van der Waals surface area contributed by atoms with Crippen molar-refractivity contribution in [3.63, 3.8) is 0 Å². The highest BCUT2D eigenvalue weighted by atomic mass is 79.9. The SMILES string of the molecule is C=C(Br)C(=O)C[C@@H](OCOC)[C@@](C)(C/C=C/[C@@H](C)CO[Si](C)(C)C(C)(C)C)OCc1ccc(OC)cc1. The Morgan fingerprint density at radius 1 is 1.14 bits per heavy atom. The maximum absolute atomic E-state index is 12.6. The number of methoxy groups -OCH3 is 2. The Balaban J connectivity index is 3.07. The van der Waals surface area contributed by atoms with E-state index in [0.29, 0.717) is 24.1 Å². The molecule has 0 saturated heterocycles. The number of ketones is 1. The van der Waals surface area contributed by atoms with Crippen molar-refractivity contribution in [3.8, 4) is 5.75 Å². The number of ether oxygens (including phenoxy) is 4. The number of benzene rings is 1. The van der Waals surface area contributed by atoms with E-state index in [1.54, 1.807) is 14.2 Å². The topological polar surface area (TPSA) is 63.2 Å². The van der Waals surface area contributed by atoms with Gasteiger partial charge in [-0.1, -0.05) is 58.6 Å². The van der Waals surface area contributed by atoms with Gasteiger partial charge in [-0.25, -0.2) is 0 Å². The molecule has 0 radical (unpaired) electrons. The van der Waals surface area contributed by atoms with Crippen molar-refractivity contribution < 1.29 is 28.2 Å². The molecule has 0 aliphatic carbocycles. The Morgan fingerprint density at radius 3 is 2.27 bits per heavy atom. The van der Waals surface area contributed by atoms with Crippen molar-refractivity contribution in [1.29, 1.82) is 0 Å². The number of carbonyl (C=O) groups is 1. The summed E-state index contributed by atoms with van der Waals surface area (Å²) < 4.78 is 29.6. The van der Waals surface area contributed by atoms with Crippen molar-refractivity contribution in [3.05, 3.63) is 53.0 Å². The molecule has 0 aromatic heterocycles. The van der Waals surface area contributed by atoms with Gasteiger partial charge in [0.25, 0.3) is 0 Å². The smallest absolute Gasteiger partial charge is 0.192 e. The van der Waals surface area contributed by atoms with Gasteiger partial charge in [-0.15, -0.1) is 0 Å². The molecular formula is C29H47BrO6Si. The van der Waals surface area contributed by atoms with Gasteiger partial charge >= 0.3 is 0 Å². The lowest BCUT2D eigenvalue weighted by atomic mass is 9.90. The first-order valence-corrected chi connectivity index (χ1v) is 16.4. The second-order valence-corrected chi connectivity index (χ2v) is 17.0. The lowest BCUT2D eigenvalue weighted by molar-refractivity contribution is -0.178. The van der Waals surface area contributed by atoms with E-state index in [1.165, 1.54) is 0 Å². The average molecular weight is 600 g/mol. The fraction of sp³-hybridized carbons (Fsp3) is 0.621. The Kier molecular flexibility index (Phi) is 14.0. The molecule has 0 aliphatic rings. The Morgan fingerprint density at radius 2 is 1.76 bits per heavy atom. The molecule has 8 heteroatoms. The summed E-state index contributed by atoms with van der Waals surface area (Å²) in [6, 6.07) is 7.73. The summed E-state index contributed by atoms with van der Waals surface area (Å²) in [5.74, 6) is 0.883. The lowest BCUT2D eigenvalue weighted by Gasteiger charge is -2.37. The van der Waals surface area contributed by atoms with E-state index >= 15 is 0 Å². The zero-order chi connectivity index (χ0) is 28.3. The zero-order valence-electron chi connectivity index (χ0n) is 24.2. The maximum atomic E-state index is 12.6. The molecule has 0 heterocycles. The van der Waals surface area contributed by atoms with E-state index in [9.17, 15) is 4.79 Å². The van der Waals surface area contributed by atoms with Crippen LogP contribution in [0.3, 0.4) is 0 Å². The monoisotopic (exact) mass is 598 g/mol. The quantitative estimate of drug-likeness (QED) is 0.0803. The molecule has 210 valence electrons. The van der Waals surface area contributed by atoms with Gasteiger partial charge < -0.3 is 23.4 Å². The molecule has 0 amide bonds. The fourth-order valence-electron chi connectivity index (χ4n) is 3.28. The highest BCUT2D eigenvalue weighted by Crippen LogP contribution is 2.37. The first-order chi connectivity index (χ1) is 17.1. The third kappa shape index (κ3) is 11.5. The van der Waals surface area contributed by atoms with E-state index in [1.807, 2.05) is 31.2 Å². The minimum Gasteiger partial charge on any atom is -0.497 e. The summed E-state index contributed by atoms with van der Waals surface area (Å²) in [4.78, 5) is 12.6. The second-order valence-electron chi connectivity index (χ2n) is 11.2. The summed E-state index contributed by atoms with van der Waals surface area (Å²) in [6.45, 7) is 20.2. The molecule has 0 aliphatic heterocycles. The standard InChI is InChI=1S/C29H47BrO6Si/c1-22(19-36-37(9,10)28(3,4)5)12-11-17-29(6,27(34-21-32-7)18-26(31)23(2)30)35-20-24-13-15-25(33-8)16-14-24/h11-16,22,27H,2,17-21H2,1,3-10H3/b12-11+/t22-,27-,29-/m1/s1. The highest BCUT2D eigenvalue weighted by molar-refractivity contribution is 9.12. The molecule has 1 aromatic carbocycles. The van der Waals surface area contributed by atoms with E-state index in [-0.39, 0.29) is 30.0 Å². The van der Waals surface area contributed by atoms with Crippen LogP contribution in [0.1, 0.15) is 53.0 Å². The van der Waals surface area contributed by atoms with Gasteiger partial charge in [0.05, 0.1) is 29.9 Å². The van der Waals surface area contributed by atoms with Gasteiger partial charge in [-0.2, -0.15) is 0 Å². The van der Waals surface area contributed by atoms with Crippen LogP contribution in [0.2, 0.25) is 18.1 Å². The molecule has 0 saturated carbocycles. The first kappa shape index (κ1) is 33.7. The number of rotatable bonds is 17. The first-order valence-electron chi connectivity index (χ1n) is 12.7. The maximum Gasteiger partial charge on any atom is 0.192 e. The minimum atomic E-state index is -1.81. The Labute approximate surface area is 234 Å². The molecule has 0 spiro atoms. The molecule has 0 fully saturated rings. The summed E-state index contributed by atoms with van der Waals surface area (Å²) in [7, 11) is 1.38. The van der Waals surface area contributed by atoms with E-state index in [4.69, 9.17) is 23.4 Å². The van der Waals surface area contributed by atoms with E-state index < -0.39 is 20.0 Å².